The van der Waals surface area contributed by atoms with Gasteiger partial charge in [0.25, 0.3) is 0 Å². The van der Waals surface area contributed by atoms with Gasteiger partial charge in [0.15, 0.2) is 0 Å². The smallest absolute Gasteiger partial charge is 0.322 e. The standard InChI is InChI=1S/C14H20N4O/c1-10-2-4-11(5-3-10)17-14(19)18(12-6-7-12)9-8-13(15)16/h2-5,12H,6-9H2,1H3,(H3,15,16)(H,17,19). The molecule has 19 heavy (non-hydrogen) atoms. The maximum absolute atomic E-state index is 12.2. The van der Waals surface area contributed by atoms with Gasteiger partial charge in [-0.3, -0.25) is 5.41 Å². The monoisotopic (exact) mass is 260 g/mol. The fourth-order valence-corrected chi connectivity index (χ4v) is 1.91. The zero-order valence-corrected chi connectivity index (χ0v) is 11.1. The predicted octanol–water partition coefficient (Wildman–Crippen LogP) is 2.32. The van der Waals surface area contributed by atoms with Crippen molar-refractivity contribution in [3.8, 4) is 0 Å². The summed E-state index contributed by atoms with van der Waals surface area (Å²) in [5.74, 6) is 0.119. The average Bonchev–Trinajstić information content (AvgIpc) is 3.16. The third-order valence-corrected chi connectivity index (χ3v) is 3.17. The Labute approximate surface area is 113 Å². The maximum atomic E-state index is 12.2. The summed E-state index contributed by atoms with van der Waals surface area (Å²) >= 11 is 0. The van der Waals surface area contributed by atoms with Gasteiger partial charge in [-0.25, -0.2) is 4.79 Å². The Bertz CT molecular complexity index is 465. The number of nitrogens with two attached hydrogens (primary N) is 1. The molecular weight excluding hydrogens is 240 g/mol. The number of hydrogen-bond donors (Lipinski definition) is 3. The van der Waals surface area contributed by atoms with Crippen LogP contribution in [0.4, 0.5) is 10.5 Å². The second-order valence-electron chi connectivity index (χ2n) is 5.00. The first-order valence-electron chi connectivity index (χ1n) is 6.53. The van der Waals surface area contributed by atoms with Crippen LogP contribution in [-0.4, -0.2) is 29.4 Å². The molecule has 1 aliphatic carbocycles. The summed E-state index contributed by atoms with van der Waals surface area (Å²) < 4.78 is 0. The summed E-state index contributed by atoms with van der Waals surface area (Å²) in [6, 6.07) is 7.92. The summed E-state index contributed by atoms with van der Waals surface area (Å²) in [6.45, 7) is 2.52. The topological polar surface area (TPSA) is 82.2 Å². The molecule has 0 atom stereocenters. The minimum Gasteiger partial charge on any atom is -0.388 e. The van der Waals surface area contributed by atoms with E-state index in [1.807, 2.05) is 31.2 Å². The van der Waals surface area contributed by atoms with E-state index in [0.717, 1.165) is 24.1 Å². The minimum absolute atomic E-state index is 0.104. The Morgan fingerprint density at radius 3 is 2.58 bits per heavy atom. The third-order valence-electron chi connectivity index (χ3n) is 3.17. The van der Waals surface area contributed by atoms with Crippen LogP contribution >= 0.6 is 0 Å². The Balaban J connectivity index is 1.95. The van der Waals surface area contributed by atoms with Crippen molar-refractivity contribution in [3.05, 3.63) is 29.8 Å². The molecule has 5 nitrogen and oxygen atoms in total. The number of nitrogens with one attached hydrogen (secondary N) is 2. The van der Waals surface area contributed by atoms with E-state index in [-0.39, 0.29) is 11.9 Å². The van der Waals surface area contributed by atoms with Gasteiger partial charge in [0, 0.05) is 24.7 Å². The minimum atomic E-state index is -0.104. The van der Waals surface area contributed by atoms with Crippen molar-refractivity contribution in [2.24, 2.45) is 5.73 Å². The molecule has 0 saturated heterocycles. The van der Waals surface area contributed by atoms with Crippen molar-refractivity contribution in [1.29, 1.82) is 5.41 Å². The van der Waals surface area contributed by atoms with E-state index in [0.29, 0.717) is 19.0 Å². The number of amidine groups is 1. The van der Waals surface area contributed by atoms with Crippen LogP contribution in [0.25, 0.3) is 0 Å². The lowest BCUT2D eigenvalue weighted by molar-refractivity contribution is 0.210. The van der Waals surface area contributed by atoms with Gasteiger partial charge in [0.1, 0.15) is 0 Å². The Hall–Kier alpha value is -2.04. The van der Waals surface area contributed by atoms with E-state index in [1.165, 1.54) is 0 Å². The van der Waals surface area contributed by atoms with E-state index >= 15 is 0 Å². The first-order chi connectivity index (χ1) is 9.06. The van der Waals surface area contributed by atoms with Gasteiger partial charge in [0.05, 0.1) is 5.84 Å². The molecule has 2 rings (SSSR count). The van der Waals surface area contributed by atoms with Gasteiger partial charge >= 0.3 is 6.03 Å². The highest BCUT2D eigenvalue weighted by atomic mass is 16.2. The number of urea groups is 1. The molecule has 0 heterocycles. The van der Waals surface area contributed by atoms with Crippen molar-refractivity contribution in [3.63, 3.8) is 0 Å². The average molecular weight is 260 g/mol. The second-order valence-corrected chi connectivity index (χ2v) is 5.00. The van der Waals surface area contributed by atoms with Crippen LogP contribution in [-0.2, 0) is 0 Å². The van der Waals surface area contributed by atoms with Crippen LogP contribution in [0.3, 0.4) is 0 Å². The number of amides is 2. The molecule has 4 N–H and O–H groups in total. The van der Waals surface area contributed by atoms with Gasteiger partial charge in [-0.05, 0) is 31.9 Å². The summed E-state index contributed by atoms with van der Waals surface area (Å²) in [6.07, 6.45) is 2.51. The van der Waals surface area contributed by atoms with E-state index in [9.17, 15) is 4.79 Å². The number of hydrogen-bond acceptors (Lipinski definition) is 2. The fraction of sp³-hybridized carbons (Fsp3) is 0.429. The van der Waals surface area contributed by atoms with Crippen molar-refractivity contribution in [2.75, 3.05) is 11.9 Å². The number of rotatable bonds is 5. The summed E-state index contributed by atoms with van der Waals surface area (Å²) in [5.41, 5.74) is 7.31. The lowest BCUT2D eigenvalue weighted by Gasteiger charge is -2.22. The highest BCUT2D eigenvalue weighted by Gasteiger charge is 2.32. The van der Waals surface area contributed by atoms with Crippen molar-refractivity contribution in [2.45, 2.75) is 32.2 Å². The van der Waals surface area contributed by atoms with Crippen molar-refractivity contribution < 1.29 is 4.79 Å². The highest BCUT2D eigenvalue weighted by Crippen LogP contribution is 2.27. The summed E-state index contributed by atoms with van der Waals surface area (Å²) in [5, 5.41) is 10.1. The largest absolute Gasteiger partial charge is 0.388 e. The number of carbonyl (C=O) groups excluding carboxylic acids is 1. The fourth-order valence-electron chi connectivity index (χ4n) is 1.91. The molecule has 2 amide bonds. The van der Waals surface area contributed by atoms with Gasteiger partial charge in [0.2, 0.25) is 0 Å². The van der Waals surface area contributed by atoms with E-state index < -0.39 is 0 Å². The molecule has 1 aromatic carbocycles. The normalized spacial score (nSPS) is 13.9. The van der Waals surface area contributed by atoms with E-state index in [4.69, 9.17) is 11.1 Å². The Morgan fingerprint density at radius 1 is 1.42 bits per heavy atom. The summed E-state index contributed by atoms with van der Waals surface area (Å²) in [7, 11) is 0. The molecule has 0 radical (unpaired) electrons. The maximum Gasteiger partial charge on any atom is 0.322 e. The van der Waals surface area contributed by atoms with Crippen LogP contribution in [0.15, 0.2) is 24.3 Å². The zero-order chi connectivity index (χ0) is 13.8. The Morgan fingerprint density at radius 2 is 2.05 bits per heavy atom. The molecule has 102 valence electrons. The molecule has 0 aromatic heterocycles. The first kappa shape index (κ1) is 13.4. The number of benzene rings is 1. The first-order valence-corrected chi connectivity index (χ1v) is 6.53. The number of carbonyl (C=O) groups is 1. The van der Waals surface area contributed by atoms with Crippen LogP contribution in [0.5, 0.6) is 0 Å². The van der Waals surface area contributed by atoms with E-state index in [1.54, 1.807) is 4.90 Å². The van der Waals surface area contributed by atoms with Gasteiger partial charge in [-0.2, -0.15) is 0 Å². The number of aryl methyl sites for hydroxylation is 1. The quantitative estimate of drug-likeness (QED) is 0.561. The molecule has 0 aliphatic heterocycles. The Kier molecular flexibility index (Phi) is 4.04. The van der Waals surface area contributed by atoms with Gasteiger partial charge in [-0.15, -0.1) is 0 Å². The molecule has 1 fully saturated rings. The van der Waals surface area contributed by atoms with Crippen LogP contribution < -0.4 is 11.1 Å². The molecule has 0 bridgehead atoms. The summed E-state index contributed by atoms with van der Waals surface area (Å²) in [4.78, 5) is 14.0. The molecule has 0 unspecified atom stereocenters. The van der Waals surface area contributed by atoms with Crippen molar-refractivity contribution >= 4 is 17.6 Å². The molecule has 0 spiro atoms. The number of nitrogens with zero attached hydrogens (tertiary/aromatic N) is 1. The van der Waals surface area contributed by atoms with Crippen molar-refractivity contribution in [1.82, 2.24) is 4.90 Å². The molecule has 1 aliphatic rings. The van der Waals surface area contributed by atoms with Gasteiger partial charge < -0.3 is 16.0 Å². The molecule has 5 heteroatoms. The van der Waals surface area contributed by atoms with Crippen LogP contribution in [0, 0.1) is 12.3 Å². The SMILES string of the molecule is Cc1ccc(NC(=O)N(CCC(=N)N)C2CC2)cc1. The highest BCUT2D eigenvalue weighted by molar-refractivity contribution is 5.90. The van der Waals surface area contributed by atoms with E-state index in [2.05, 4.69) is 5.32 Å². The molecule has 1 saturated carbocycles. The molecular formula is C14H20N4O. The lowest BCUT2D eigenvalue weighted by Crippen LogP contribution is -2.38. The molecule has 1 aromatic rings. The van der Waals surface area contributed by atoms with Crippen LogP contribution in [0.1, 0.15) is 24.8 Å². The van der Waals surface area contributed by atoms with Gasteiger partial charge in [-0.1, -0.05) is 17.7 Å². The lowest BCUT2D eigenvalue weighted by atomic mass is 10.2. The second kappa shape index (κ2) is 5.73. The number of anilines is 1. The predicted molar refractivity (Wildman–Crippen MR) is 76.5 cm³/mol. The zero-order valence-electron chi connectivity index (χ0n) is 11.1. The third kappa shape index (κ3) is 3.98. The van der Waals surface area contributed by atoms with Crippen LogP contribution in [0.2, 0.25) is 0 Å².